The summed E-state index contributed by atoms with van der Waals surface area (Å²) >= 11 is 1.61. The molecule has 3 rings (SSSR count). The highest BCUT2D eigenvalue weighted by atomic mass is 32.1. The first-order valence-corrected chi connectivity index (χ1v) is 7.59. The molecule has 1 amide bonds. The van der Waals surface area contributed by atoms with Gasteiger partial charge in [0.05, 0.1) is 10.2 Å². The van der Waals surface area contributed by atoms with Crippen molar-refractivity contribution in [3.8, 4) is 0 Å². The van der Waals surface area contributed by atoms with E-state index in [1.165, 1.54) is 12.1 Å². The Bertz CT molecular complexity index is 786. The molecule has 0 unspecified atom stereocenters. The Morgan fingerprint density at radius 2 is 1.95 bits per heavy atom. The van der Waals surface area contributed by atoms with E-state index >= 15 is 0 Å². The minimum atomic E-state index is -0.320. The van der Waals surface area contributed by atoms with Gasteiger partial charge in [0.1, 0.15) is 11.5 Å². The molecular weight excluding hydrogens is 287 g/mol. The number of hydrogen-bond acceptors (Lipinski definition) is 2. The zero-order chi connectivity index (χ0) is 15.0. The average molecular weight is 302 g/mol. The lowest BCUT2D eigenvalue weighted by molar-refractivity contribution is 0.101. The Hall–Kier alpha value is -2.14. The van der Waals surface area contributed by atoms with Gasteiger partial charge in [0.25, 0.3) is 5.91 Å². The van der Waals surface area contributed by atoms with Crippen molar-refractivity contribution in [1.29, 1.82) is 0 Å². The standard InChI is InChI=1S/C16H15FN2OS/c1-10(2)19-13-7-8-21-15(13)9-14(19)16(20)18-12-5-3-11(17)4-6-12/h3-10H,1-2H3,(H,18,20). The lowest BCUT2D eigenvalue weighted by atomic mass is 10.3. The van der Waals surface area contributed by atoms with Gasteiger partial charge in [-0.2, -0.15) is 0 Å². The number of nitrogens with one attached hydrogen (secondary N) is 1. The van der Waals surface area contributed by atoms with Crippen molar-refractivity contribution >= 4 is 33.1 Å². The van der Waals surface area contributed by atoms with Crippen molar-refractivity contribution in [2.24, 2.45) is 0 Å². The van der Waals surface area contributed by atoms with Crippen LogP contribution >= 0.6 is 11.3 Å². The number of fused-ring (bicyclic) bond motifs is 1. The molecule has 0 saturated carbocycles. The molecule has 0 atom stereocenters. The van der Waals surface area contributed by atoms with E-state index in [9.17, 15) is 9.18 Å². The topological polar surface area (TPSA) is 34.0 Å². The first-order valence-electron chi connectivity index (χ1n) is 6.71. The zero-order valence-corrected chi connectivity index (χ0v) is 12.6. The largest absolute Gasteiger partial charge is 0.333 e. The number of rotatable bonds is 3. The van der Waals surface area contributed by atoms with Gasteiger partial charge in [-0.1, -0.05) is 0 Å². The van der Waals surface area contributed by atoms with Crippen molar-refractivity contribution in [3.05, 3.63) is 53.3 Å². The van der Waals surface area contributed by atoms with E-state index in [-0.39, 0.29) is 17.8 Å². The lowest BCUT2D eigenvalue weighted by Crippen LogP contribution is -2.18. The summed E-state index contributed by atoms with van der Waals surface area (Å²) in [5, 5.41) is 4.83. The maximum absolute atomic E-state index is 12.9. The Labute approximate surface area is 126 Å². The minimum absolute atomic E-state index is 0.182. The summed E-state index contributed by atoms with van der Waals surface area (Å²) in [4.78, 5) is 12.5. The van der Waals surface area contributed by atoms with Crippen LogP contribution in [0, 0.1) is 5.82 Å². The maximum Gasteiger partial charge on any atom is 0.272 e. The van der Waals surface area contributed by atoms with Gasteiger partial charge in [0.15, 0.2) is 0 Å². The molecule has 3 nitrogen and oxygen atoms in total. The van der Waals surface area contributed by atoms with Gasteiger partial charge in [-0.05, 0) is 55.6 Å². The van der Waals surface area contributed by atoms with Crippen LogP contribution in [0.5, 0.6) is 0 Å². The Balaban J connectivity index is 1.95. The maximum atomic E-state index is 12.9. The van der Waals surface area contributed by atoms with Crippen LogP contribution in [0.2, 0.25) is 0 Å². The highest BCUT2D eigenvalue weighted by Crippen LogP contribution is 2.28. The van der Waals surface area contributed by atoms with Crippen LogP contribution in [0.3, 0.4) is 0 Å². The fourth-order valence-electron chi connectivity index (χ4n) is 2.40. The second kappa shape index (κ2) is 5.33. The van der Waals surface area contributed by atoms with Crippen LogP contribution in [0.1, 0.15) is 30.4 Å². The predicted molar refractivity (Wildman–Crippen MR) is 84.6 cm³/mol. The molecule has 2 heterocycles. The van der Waals surface area contributed by atoms with Crippen LogP contribution in [-0.2, 0) is 0 Å². The smallest absolute Gasteiger partial charge is 0.272 e. The van der Waals surface area contributed by atoms with E-state index in [4.69, 9.17) is 0 Å². The number of anilines is 1. The molecule has 0 radical (unpaired) electrons. The third kappa shape index (κ3) is 2.56. The van der Waals surface area contributed by atoms with Gasteiger partial charge in [-0.25, -0.2) is 4.39 Å². The van der Waals surface area contributed by atoms with E-state index in [0.717, 1.165) is 10.2 Å². The molecular formula is C16H15FN2OS. The second-order valence-corrected chi connectivity index (χ2v) is 6.07. The minimum Gasteiger partial charge on any atom is -0.333 e. The highest BCUT2D eigenvalue weighted by molar-refractivity contribution is 7.17. The third-order valence-corrected chi connectivity index (χ3v) is 4.16. The van der Waals surface area contributed by atoms with Crippen molar-refractivity contribution in [1.82, 2.24) is 4.57 Å². The molecule has 5 heteroatoms. The molecule has 1 aromatic carbocycles. The normalized spacial score (nSPS) is 11.2. The summed E-state index contributed by atoms with van der Waals surface area (Å²) in [6, 6.07) is 9.88. The van der Waals surface area contributed by atoms with E-state index in [0.29, 0.717) is 11.4 Å². The summed E-state index contributed by atoms with van der Waals surface area (Å²) in [6.45, 7) is 4.09. The summed E-state index contributed by atoms with van der Waals surface area (Å²) in [6.07, 6.45) is 0. The summed E-state index contributed by atoms with van der Waals surface area (Å²) < 4.78 is 16.0. The van der Waals surface area contributed by atoms with Crippen LogP contribution in [0.4, 0.5) is 10.1 Å². The van der Waals surface area contributed by atoms with Gasteiger partial charge in [0, 0.05) is 11.7 Å². The SMILES string of the molecule is CC(C)n1c(C(=O)Nc2ccc(F)cc2)cc2sccc21. The zero-order valence-electron chi connectivity index (χ0n) is 11.8. The van der Waals surface area contributed by atoms with Crippen molar-refractivity contribution in [3.63, 3.8) is 0 Å². The van der Waals surface area contributed by atoms with E-state index in [2.05, 4.69) is 5.32 Å². The second-order valence-electron chi connectivity index (χ2n) is 5.12. The molecule has 2 aromatic heterocycles. The van der Waals surface area contributed by atoms with Crippen molar-refractivity contribution < 1.29 is 9.18 Å². The average Bonchev–Trinajstić information content (AvgIpc) is 3.00. The first kappa shape index (κ1) is 13.8. The molecule has 0 bridgehead atoms. The van der Waals surface area contributed by atoms with Crippen molar-refractivity contribution in [2.45, 2.75) is 19.9 Å². The molecule has 1 N–H and O–H groups in total. The molecule has 0 aliphatic heterocycles. The number of carbonyl (C=O) groups excluding carboxylic acids is 1. The quantitative estimate of drug-likeness (QED) is 0.749. The van der Waals surface area contributed by atoms with Crippen molar-refractivity contribution in [2.75, 3.05) is 5.32 Å². The summed E-state index contributed by atoms with van der Waals surface area (Å²) in [7, 11) is 0. The Morgan fingerprint density at radius 3 is 2.62 bits per heavy atom. The number of aromatic nitrogens is 1. The van der Waals surface area contributed by atoms with Crippen LogP contribution in [0.15, 0.2) is 41.8 Å². The first-order chi connectivity index (χ1) is 10.1. The number of thiophene rings is 1. The van der Waals surface area contributed by atoms with Gasteiger partial charge < -0.3 is 9.88 Å². The Kier molecular flexibility index (Phi) is 3.51. The molecule has 0 saturated heterocycles. The van der Waals surface area contributed by atoms with E-state index in [1.807, 2.05) is 35.9 Å². The molecule has 0 spiro atoms. The van der Waals surface area contributed by atoms with E-state index < -0.39 is 0 Å². The fraction of sp³-hybridized carbons (Fsp3) is 0.188. The summed E-state index contributed by atoms with van der Waals surface area (Å²) in [5.74, 6) is -0.502. The number of hydrogen-bond donors (Lipinski definition) is 1. The van der Waals surface area contributed by atoms with Crippen LogP contribution in [0.25, 0.3) is 10.2 Å². The van der Waals surface area contributed by atoms with E-state index in [1.54, 1.807) is 23.5 Å². The van der Waals surface area contributed by atoms with Gasteiger partial charge in [0.2, 0.25) is 0 Å². The molecule has 3 aromatic rings. The molecule has 21 heavy (non-hydrogen) atoms. The highest BCUT2D eigenvalue weighted by Gasteiger charge is 2.18. The number of carbonyl (C=O) groups is 1. The lowest BCUT2D eigenvalue weighted by Gasteiger charge is -2.14. The van der Waals surface area contributed by atoms with Crippen LogP contribution < -0.4 is 5.32 Å². The number of amides is 1. The number of halogens is 1. The van der Waals surface area contributed by atoms with Gasteiger partial charge in [-0.15, -0.1) is 11.3 Å². The number of benzene rings is 1. The molecule has 108 valence electrons. The fourth-order valence-corrected chi connectivity index (χ4v) is 3.21. The monoisotopic (exact) mass is 302 g/mol. The number of nitrogens with zero attached hydrogens (tertiary/aromatic N) is 1. The summed E-state index contributed by atoms with van der Waals surface area (Å²) in [5.41, 5.74) is 2.27. The van der Waals surface area contributed by atoms with Crippen LogP contribution in [-0.4, -0.2) is 10.5 Å². The third-order valence-electron chi connectivity index (χ3n) is 3.31. The predicted octanol–water partition coefficient (Wildman–Crippen LogP) is 4.68. The molecule has 0 fully saturated rings. The molecule has 0 aliphatic rings. The Morgan fingerprint density at radius 1 is 1.24 bits per heavy atom. The molecule has 0 aliphatic carbocycles. The van der Waals surface area contributed by atoms with Gasteiger partial charge >= 0.3 is 0 Å². The van der Waals surface area contributed by atoms with Gasteiger partial charge in [-0.3, -0.25) is 4.79 Å².